The number of nitrogens with one attached hydrogen (secondary N) is 2. The summed E-state index contributed by atoms with van der Waals surface area (Å²) in [6, 6.07) is 0. The predicted molar refractivity (Wildman–Crippen MR) is 106 cm³/mol. The first kappa shape index (κ1) is 22.2. The maximum atomic E-state index is 11.8. The number of hydrogen-bond donors (Lipinski definition) is 2. The Morgan fingerprint density at radius 2 is 1.04 bits per heavy atom. The van der Waals surface area contributed by atoms with Gasteiger partial charge in [-0.3, -0.25) is 9.59 Å². The quantitative estimate of drug-likeness (QED) is 0.399. The second-order valence-electron chi connectivity index (χ2n) is 7.91. The summed E-state index contributed by atoms with van der Waals surface area (Å²) in [5.74, 6) is -0.250. The van der Waals surface area contributed by atoms with E-state index in [2.05, 4.69) is 10.6 Å². The maximum absolute atomic E-state index is 11.8. The molecular weight excluding hydrogens is 344 g/mol. The summed E-state index contributed by atoms with van der Waals surface area (Å²) in [4.78, 5) is 23.5. The molecule has 0 aromatic rings. The molecule has 2 fully saturated rings. The molecule has 0 spiro atoms. The fraction of sp³-hybridized carbons (Fsp3) is 0.905. The molecule has 0 radical (unpaired) electrons. The van der Waals surface area contributed by atoms with Gasteiger partial charge in [-0.1, -0.05) is 19.3 Å². The van der Waals surface area contributed by atoms with Crippen LogP contribution in [0.2, 0.25) is 0 Å². The minimum Gasteiger partial charge on any atom is -0.461 e. The van der Waals surface area contributed by atoms with Crippen LogP contribution in [0.3, 0.4) is 0 Å². The number of esters is 2. The van der Waals surface area contributed by atoms with Crippen LogP contribution in [0, 0.1) is 0 Å². The first-order valence-electron chi connectivity index (χ1n) is 11.0. The zero-order valence-corrected chi connectivity index (χ0v) is 16.8. The molecule has 2 N–H and O–H groups in total. The smallest absolute Gasteiger partial charge is 0.320 e. The second kappa shape index (κ2) is 13.9. The van der Waals surface area contributed by atoms with Crippen LogP contribution in [-0.4, -0.2) is 50.3 Å². The molecule has 0 unspecified atom stereocenters. The molecule has 0 amide bonds. The largest absolute Gasteiger partial charge is 0.461 e. The van der Waals surface area contributed by atoms with E-state index in [0.717, 1.165) is 58.0 Å². The van der Waals surface area contributed by atoms with E-state index in [1.165, 1.54) is 38.5 Å². The van der Waals surface area contributed by atoms with Crippen LogP contribution < -0.4 is 10.6 Å². The van der Waals surface area contributed by atoms with Gasteiger partial charge in [0, 0.05) is 0 Å². The van der Waals surface area contributed by atoms with E-state index in [1.807, 2.05) is 0 Å². The third kappa shape index (κ3) is 10.7. The van der Waals surface area contributed by atoms with Crippen LogP contribution >= 0.6 is 0 Å². The average Bonchev–Trinajstić information content (AvgIpc) is 2.68. The van der Waals surface area contributed by atoms with Gasteiger partial charge < -0.3 is 20.1 Å². The first-order chi connectivity index (χ1) is 13.2. The van der Waals surface area contributed by atoms with Crippen molar-refractivity contribution in [3.05, 3.63) is 0 Å². The Bertz CT molecular complexity index is 380. The topological polar surface area (TPSA) is 76.7 Å². The van der Waals surface area contributed by atoms with Crippen molar-refractivity contribution in [1.29, 1.82) is 0 Å². The molecule has 0 aromatic carbocycles. The zero-order chi connectivity index (χ0) is 19.2. The van der Waals surface area contributed by atoms with Crippen molar-refractivity contribution in [2.45, 2.75) is 95.7 Å². The summed E-state index contributed by atoms with van der Waals surface area (Å²) in [6.45, 7) is 2.26. The van der Waals surface area contributed by atoms with Gasteiger partial charge in [0.05, 0.1) is 13.1 Å². The molecule has 6 heteroatoms. The van der Waals surface area contributed by atoms with Crippen molar-refractivity contribution in [2.75, 3.05) is 26.2 Å². The molecule has 2 aliphatic carbocycles. The van der Waals surface area contributed by atoms with Crippen molar-refractivity contribution in [1.82, 2.24) is 10.6 Å². The summed E-state index contributed by atoms with van der Waals surface area (Å²) in [5, 5.41) is 6.32. The maximum Gasteiger partial charge on any atom is 0.320 e. The summed E-state index contributed by atoms with van der Waals surface area (Å²) in [5.41, 5.74) is 0. The molecule has 156 valence electrons. The highest BCUT2D eigenvalue weighted by Crippen LogP contribution is 2.20. The van der Waals surface area contributed by atoms with Gasteiger partial charge in [0.15, 0.2) is 0 Å². The van der Waals surface area contributed by atoms with Gasteiger partial charge >= 0.3 is 11.9 Å². The van der Waals surface area contributed by atoms with Crippen LogP contribution in [0.5, 0.6) is 0 Å². The highest BCUT2D eigenvalue weighted by molar-refractivity contribution is 5.72. The Balaban J connectivity index is 1.34. The Hall–Kier alpha value is -1.14. The van der Waals surface area contributed by atoms with Gasteiger partial charge in [-0.2, -0.15) is 0 Å². The Kier molecular flexibility index (Phi) is 11.4. The number of hydrogen-bond acceptors (Lipinski definition) is 6. The van der Waals surface area contributed by atoms with Crippen LogP contribution in [0.1, 0.15) is 83.5 Å². The fourth-order valence-corrected chi connectivity index (χ4v) is 3.88. The molecule has 2 saturated carbocycles. The van der Waals surface area contributed by atoms with Gasteiger partial charge in [0.1, 0.15) is 12.2 Å². The number of ether oxygens (including phenoxy) is 2. The van der Waals surface area contributed by atoms with Gasteiger partial charge in [-0.25, -0.2) is 0 Å². The van der Waals surface area contributed by atoms with E-state index in [0.29, 0.717) is 13.1 Å². The molecule has 2 aliphatic rings. The van der Waals surface area contributed by atoms with E-state index in [4.69, 9.17) is 9.47 Å². The van der Waals surface area contributed by atoms with E-state index in [9.17, 15) is 9.59 Å². The minimum absolute atomic E-state index is 0.125. The van der Waals surface area contributed by atoms with Crippen LogP contribution in [0.25, 0.3) is 0 Å². The summed E-state index contributed by atoms with van der Waals surface area (Å²) >= 11 is 0. The third-order valence-electron chi connectivity index (χ3n) is 5.45. The molecule has 0 aromatic heterocycles. The molecule has 0 aliphatic heterocycles. The molecule has 2 rings (SSSR count). The molecule has 0 heterocycles. The summed E-state index contributed by atoms with van der Waals surface area (Å²) in [7, 11) is 0. The number of carbonyl (C=O) groups is 2. The third-order valence-corrected chi connectivity index (χ3v) is 5.45. The van der Waals surface area contributed by atoms with Gasteiger partial charge in [-0.15, -0.1) is 0 Å². The molecular formula is C21H38N2O4. The van der Waals surface area contributed by atoms with E-state index < -0.39 is 0 Å². The predicted octanol–water partition coefficient (Wildman–Crippen LogP) is 3.09. The molecule has 0 atom stereocenters. The molecule has 0 bridgehead atoms. The van der Waals surface area contributed by atoms with Gasteiger partial charge in [0.2, 0.25) is 0 Å². The van der Waals surface area contributed by atoms with Crippen molar-refractivity contribution in [2.24, 2.45) is 0 Å². The molecule has 27 heavy (non-hydrogen) atoms. The Morgan fingerprint density at radius 1 is 0.630 bits per heavy atom. The summed E-state index contributed by atoms with van der Waals surface area (Å²) < 4.78 is 10.9. The number of rotatable bonds is 12. The van der Waals surface area contributed by atoms with Crippen molar-refractivity contribution >= 4 is 11.9 Å². The van der Waals surface area contributed by atoms with Gasteiger partial charge in [-0.05, 0) is 77.3 Å². The Morgan fingerprint density at radius 3 is 1.44 bits per heavy atom. The molecule has 6 nitrogen and oxygen atoms in total. The monoisotopic (exact) mass is 382 g/mol. The fourth-order valence-electron chi connectivity index (χ4n) is 3.88. The first-order valence-corrected chi connectivity index (χ1v) is 11.0. The lowest BCUT2D eigenvalue weighted by Gasteiger charge is -2.21. The van der Waals surface area contributed by atoms with E-state index in [-0.39, 0.29) is 24.1 Å². The average molecular weight is 383 g/mol. The SMILES string of the molecule is O=C(CNCCCCCNCC(=O)OC1CCCCC1)OC1CCCCC1. The molecule has 0 saturated heterocycles. The zero-order valence-electron chi connectivity index (χ0n) is 16.8. The van der Waals surface area contributed by atoms with Crippen molar-refractivity contribution in [3.63, 3.8) is 0 Å². The lowest BCUT2D eigenvalue weighted by molar-refractivity contribution is -0.150. The highest BCUT2D eigenvalue weighted by Gasteiger charge is 2.18. The number of unbranched alkanes of at least 4 members (excludes halogenated alkanes) is 2. The van der Waals surface area contributed by atoms with Crippen LogP contribution in [0.4, 0.5) is 0 Å². The standard InChI is InChI=1S/C21H38N2O4/c24-20(26-18-10-4-1-5-11-18)16-22-14-8-3-9-15-23-17-21(25)27-19-12-6-2-7-13-19/h18-19,22-23H,1-17H2. The van der Waals surface area contributed by atoms with Crippen LogP contribution in [0.15, 0.2) is 0 Å². The lowest BCUT2D eigenvalue weighted by Crippen LogP contribution is -2.30. The van der Waals surface area contributed by atoms with Crippen molar-refractivity contribution < 1.29 is 19.1 Å². The van der Waals surface area contributed by atoms with Crippen LogP contribution in [-0.2, 0) is 19.1 Å². The highest BCUT2D eigenvalue weighted by atomic mass is 16.5. The number of carbonyl (C=O) groups excluding carboxylic acids is 2. The summed E-state index contributed by atoms with van der Waals surface area (Å²) in [6.07, 6.45) is 14.7. The van der Waals surface area contributed by atoms with E-state index in [1.54, 1.807) is 0 Å². The van der Waals surface area contributed by atoms with E-state index >= 15 is 0 Å². The minimum atomic E-state index is -0.125. The normalized spacial score (nSPS) is 19.0. The Labute approximate surface area is 164 Å². The van der Waals surface area contributed by atoms with Crippen molar-refractivity contribution in [3.8, 4) is 0 Å². The lowest BCUT2D eigenvalue weighted by atomic mass is 9.98. The van der Waals surface area contributed by atoms with Gasteiger partial charge in [0.25, 0.3) is 0 Å². The second-order valence-corrected chi connectivity index (χ2v) is 7.91.